The predicted octanol–water partition coefficient (Wildman–Crippen LogP) is 3.79. The Hall–Kier alpha value is -3.35. The molecule has 1 aliphatic heterocycles. The van der Waals surface area contributed by atoms with Crippen molar-refractivity contribution in [2.75, 3.05) is 32.9 Å². The number of nitrogens with zero attached hydrogens (tertiary/aromatic N) is 5. The largest absolute Gasteiger partial charge is 0.476 e. The lowest BCUT2D eigenvalue weighted by atomic mass is 10.2. The number of fused-ring (bicyclic) bond motifs is 1. The van der Waals surface area contributed by atoms with Crippen molar-refractivity contribution in [2.45, 2.75) is 19.8 Å². The van der Waals surface area contributed by atoms with E-state index in [4.69, 9.17) is 21.1 Å². The second-order valence-electron chi connectivity index (χ2n) is 8.19. The van der Waals surface area contributed by atoms with Gasteiger partial charge in [0.2, 0.25) is 5.75 Å². The van der Waals surface area contributed by atoms with Gasteiger partial charge in [-0.25, -0.2) is 4.98 Å². The molecule has 13 heteroatoms. The zero-order valence-corrected chi connectivity index (χ0v) is 22.2. The number of nitro groups is 1. The molecule has 37 heavy (non-hydrogen) atoms. The summed E-state index contributed by atoms with van der Waals surface area (Å²) in [6, 6.07) is 7.86. The molecule has 194 valence electrons. The maximum absolute atomic E-state index is 13.2. The molecular weight excluding hydrogens is 570 g/mol. The Kier molecular flexibility index (Phi) is 8.52. The van der Waals surface area contributed by atoms with Gasteiger partial charge in [0.1, 0.15) is 5.82 Å². The molecule has 0 unspecified atom stereocenters. The van der Waals surface area contributed by atoms with E-state index in [9.17, 15) is 19.7 Å². The monoisotopic (exact) mass is 591 g/mol. The van der Waals surface area contributed by atoms with Crippen LogP contribution in [0.1, 0.15) is 24.7 Å². The first-order valence-corrected chi connectivity index (χ1v) is 12.7. The molecule has 2 heterocycles. The summed E-state index contributed by atoms with van der Waals surface area (Å²) in [5.41, 5.74) is 0.0285. The quantitative estimate of drug-likeness (QED) is 0.221. The molecule has 1 amide bonds. The second kappa shape index (κ2) is 11.8. The molecule has 0 N–H and O–H groups in total. The van der Waals surface area contributed by atoms with E-state index in [1.807, 2.05) is 6.92 Å². The summed E-state index contributed by atoms with van der Waals surface area (Å²) in [5, 5.41) is 16.4. The molecule has 11 nitrogen and oxygen atoms in total. The van der Waals surface area contributed by atoms with Gasteiger partial charge in [0.15, 0.2) is 6.61 Å². The fourth-order valence-corrected chi connectivity index (χ4v) is 4.45. The minimum absolute atomic E-state index is 0.0628. The summed E-state index contributed by atoms with van der Waals surface area (Å²) in [7, 11) is 0. The van der Waals surface area contributed by atoms with Crippen LogP contribution in [0.2, 0.25) is 5.02 Å². The Morgan fingerprint density at radius 1 is 1.32 bits per heavy atom. The number of morpholine rings is 1. The third-order valence-electron chi connectivity index (χ3n) is 5.62. The zero-order valence-electron chi connectivity index (χ0n) is 19.9. The SMILES string of the molecule is CCCc1nc2ccc(Br)cc2c(=O)n1N=Cc1cc(Cl)c(OCC(=O)N2CCOCC2)c([N+](=O)[O-])c1. The molecule has 1 aromatic heterocycles. The average Bonchev–Trinajstić information content (AvgIpc) is 2.88. The third kappa shape index (κ3) is 6.14. The number of hydrogen-bond acceptors (Lipinski definition) is 8. The Morgan fingerprint density at radius 2 is 2.08 bits per heavy atom. The lowest BCUT2D eigenvalue weighted by Gasteiger charge is -2.26. The lowest BCUT2D eigenvalue weighted by Crippen LogP contribution is -2.43. The molecule has 0 radical (unpaired) electrons. The number of hydrogen-bond donors (Lipinski definition) is 0. The summed E-state index contributed by atoms with van der Waals surface area (Å²) >= 11 is 9.68. The Labute approximate surface area is 224 Å². The van der Waals surface area contributed by atoms with E-state index in [0.717, 1.165) is 10.9 Å². The molecule has 1 aliphatic rings. The average molecular weight is 593 g/mol. The van der Waals surface area contributed by atoms with E-state index >= 15 is 0 Å². The highest BCUT2D eigenvalue weighted by atomic mass is 79.9. The number of rotatable bonds is 8. The summed E-state index contributed by atoms with van der Waals surface area (Å²) in [6.07, 6.45) is 2.54. The zero-order chi connectivity index (χ0) is 26.5. The van der Waals surface area contributed by atoms with Crippen molar-refractivity contribution in [3.8, 4) is 5.75 Å². The molecular formula is C24H23BrClN5O6. The van der Waals surface area contributed by atoms with Crippen molar-refractivity contribution < 1.29 is 19.2 Å². The van der Waals surface area contributed by atoms with E-state index in [1.54, 1.807) is 23.1 Å². The fraction of sp³-hybridized carbons (Fsp3) is 0.333. The lowest BCUT2D eigenvalue weighted by molar-refractivity contribution is -0.385. The van der Waals surface area contributed by atoms with Gasteiger partial charge in [0, 0.05) is 35.6 Å². The highest BCUT2D eigenvalue weighted by molar-refractivity contribution is 9.10. The van der Waals surface area contributed by atoms with Crippen molar-refractivity contribution in [1.29, 1.82) is 0 Å². The first kappa shape index (κ1) is 26.7. The molecule has 4 rings (SSSR count). The maximum Gasteiger partial charge on any atom is 0.313 e. The van der Waals surface area contributed by atoms with Crippen molar-refractivity contribution in [3.05, 3.63) is 71.7 Å². The summed E-state index contributed by atoms with van der Waals surface area (Å²) in [6.45, 7) is 3.25. The number of halogens is 2. The number of ether oxygens (including phenoxy) is 2. The Balaban J connectivity index is 1.64. The van der Waals surface area contributed by atoms with E-state index in [0.29, 0.717) is 49.5 Å². The van der Waals surface area contributed by atoms with Gasteiger partial charge in [0.25, 0.3) is 11.5 Å². The van der Waals surface area contributed by atoms with Crippen LogP contribution in [0.4, 0.5) is 5.69 Å². The van der Waals surface area contributed by atoms with Gasteiger partial charge in [-0.1, -0.05) is 34.5 Å². The summed E-state index contributed by atoms with van der Waals surface area (Å²) in [5.74, 6) is -0.0789. The van der Waals surface area contributed by atoms with Gasteiger partial charge in [-0.05, 0) is 30.7 Å². The predicted molar refractivity (Wildman–Crippen MR) is 142 cm³/mol. The first-order valence-electron chi connectivity index (χ1n) is 11.5. The van der Waals surface area contributed by atoms with Crippen LogP contribution < -0.4 is 10.3 Å². The molecule has 2 aromatic carbocycles. The minimum atomic E-state index is -0.651. The van der Waals surface area contributed by atoms with E-state index in [-0.39, 0.29) is 27.8 Å². The van der Waals surface area contributed by atoms with Crippen molar-refractivity contribution in [1.82, 2.24) is 14.6 Å². The Morgan fingerprint density at radius 3 is 2.78 bits per heavy atom. The van der Waals surface area contributed by atoms with Crippen molar-refractivity contribution >= 4 is 56.2 Å². The van der Waals surface area contributed by atoms with Gasteiger partial charge in [0.05, 0.1) is 40.3 Å². The van der Waals surface area contributed by atoms with E-state index < -0.39 is 17.2 Å². The van der Waals surface area contributed by atoms with Crippen LogP contribution in [0.15, 0.2) is 44.7 Å². The van der Waals surface area contributed by atoms with Gasteiger partial charge >= 0.3 is 5.69 Å². The molecule has 1 saturated heterocycles. The van der Waals surface area contributed by atoms with Crippen LogP contribution in [-0.2, 0) is 16.0 Å². The van der Waals surface area contributed by atoms with Crippen LogP contribution in [0.25, 0.3) is 10.9 Å². The molecule has 0 atom stereocenters. The molecule has 0 spiro atoms. The molecule has 0 saturated carbocycles. The van der Waals surface area contributed by atoms with Crippen LogP contribution in [0.3, 0.4) is 0 Å². The van der Waals surface area contributed by atoms with Crippen molar-refractivity contribution in [2.24, 2.45) is 5.10 Å². The molecule has 0 aliphatic carbocycles. The highest BCUT2D eigenvalue weighted by Crippen LogP contribution is 2.36. The fourth-order valence-electron chi connectivity index (χ4n) is 3.81. The summed E-state index contributed by atoms with van der Waals surface area (Å²) < 4.78 is 12.6. The van der Waals surface area contributed by atoms with Gasteiger partial charge in [-0.3, -0.25) is 19.7 Å². The summed E-state index contributed by atoms with van der Waals surface area (Å²) in [4.78, 5) is 42.8. The topological polar surface area (TPSA) is 129 Å². The van der Waals surface area contributed by atoms with Crippen LogP contribution in [0, 0.1) is 10.1 Å². The number of benzene rings is 2. The van der Waals surface area contributed by atoms with Crippen LogP contribution in [0.5, 0.6) is 5.75 Å². The standard InChI is InChI=1S/C24H23BrClN5O6/c1-2-3-21-28-19-5-4-16(25)12-17(19)24(33)30(21)27-13-15-10-18(26)23(20(11-15)31(34)35)37-14-22(32)29-6-8-36-9-7-29/h4-5,10-13H,2-3,6-9,14H2,1H3. The van der Waals surface area contributed by atoms with E-state index in [2.05, 4.69) is 26.0 Å². The van der Waals surface area contributed by atoms with Crippen LogP contribution in [-0.4, -0.2) is 64.5 Å². The smallest absolute Gasteiger partial charge is 0.313 e. The molecule has 1 fully saturated rings. The molecule has 0 bridgehead atoms. The van der Waals surface area contributed by atoms with E-state index in [1.165, 1.54) is 23.0 Å². The second-order valence-corrected chi connectivity index (χ2v) is 9.51. The van der Waals surface area contributed by atoms with Crippen molar-refractivity contribution in [3.63, 3.8) is 0 Å². The first-order chi connectivity index (χ1) is 17.8. The third-order valence-corrected chi connectivity index (χ3v) is 6.39. The van der Waals surface area contributed by atoms with Crippen LogP contribution >= 0.6 is 27.5 Å². The normalized spacial score (nSPS) is 13.9. The number of amides is 1. The molecule has 3 aromatic rings. The number of aromatic nitrogens is 2. The number of carbonyl (C=O) groups excluding carboxylic acids is 1. The highest BCUT2D eigenvalue weighted by Gasteiger charge is 2.23. The van der Waals surface area contributed by atoms with Gasteiger partial charge < -0.3 is 14.4 Å². The number of aryl methyl sites for hydroxylation is 1. The number of carbonyl (C=O) groups is 1. The minimum Gasteiger partial charge on any atom is -0.476 e. The maximum atomic E-state index is 13.2. The number of nitro benzene ring substituents is 1. The van der Waals surface area contributed by atoms with Gasteiger partial charge in [-0.2, -0.15) is 9.78 Å². The van der Waals surface area contributed by atoms with Gasteiger partial charge in [-0.15, -0.1) is 0 Å². The Bertz CT molecular complexity index is 1440.